The Balaban J connectivity index is 1.23. The second-order valence-electron chi connectivity index (χ2n) is 9.58. The zero-order valence-electron chi connectivity index (χ0n) is 19.7. The molecule has 1 fully saturated rings. The van der Waals surface area contributed by atoms with Gasteiger partial charge in [0.2, 0.25) is 0 Å². The van der Waals surface area contributed by atoms with Crippen LogP contribution in [0, 0.1) is 5.92 Å². The molecule has 9 heteroatoms. The Morgan fingerprint density at radius 3 is 2.67 bits per heavy atom. The van der Waals surface area contributed by atoms with E-state index >= 15 is 0 Å². The van der Waals surface area contributed by atoms with Crippen molar-refractivity contribution < 1.29 is 8.42 Å². The van der Waals surface area contributed by atoms with Crippen LogP contribution in [0.4, 0.5) is 5.69 Å². The molecule has 0 amide bonds. The third kappa shape index (κ3) is 4.47. The van der Waals surface area contributed by atoms with Gasteiger partial charge in [-0.3, -0.25) is 9.78 Å². The van der Waals surface area contributed by atoms with E-state index in [0.29, 0.717) is 23.0 Å². The van der Waals surface area contributed by atoms with Crippen molar-refractivity contribution in [3.8, 4) is 0 Å². The van der Waals surface area contributed by atoms with E-state index in [0.717, 1.165) is 52.0 Å². The first-order valence-electron chi connectivity index (χ1n) is 12.1. The van der Waals surface area contributed by atoms with E-state index in [2.05, 4.69) is 39.6 Å². The van der Waals surface area contributed by atoms with Crippen LogP contribution in [0.5, 0.6) is 0 Å². The SMILES string of the molecule is O=c1c2cncc(N3C=CS(=O)(=O)C=C3)c2ccn1Cc1ccc2cc(CNCC3CCC3)[nH]c2c1. The van der Waals surface area contributed by atoms with Gasteiger partial charge in [0.1, 0.15) is 0 Å². The van der Waals surface area contributed by atoms with Crippen LogP contribution < -0.4 is 15.8 Å². The van der Waals surface area contributed by atoms with Gasteiger partial charge in [0.25, 0.3) is 5.56 Å². The molecule has 1 aromatic carbocycles. The number of anilines is 1. The number of aromatic amines is 1. The summed E-state index contributed by atoms with van der Waals surface area (Å²) in [7, 11) is -3.34. The first kappa shape index (κ1) is 22.8. The summed E-state index contributed by atoms with van der Waals surface area (Å²) < 4.78 is 25.0. The maximum atomic E-state index is 13.3. The van der Waals surface area contributed by atoms with Gasteiger partial charge in [0, 0.05) is 47.9 Å². The minimum Gasteiger partial charge on any atom is -0.357 e. The molecule has 184 valence electrons. The zero-order chi connectivity index (χ0) is 24.7. The van der Waals surface area contributed by atoms with Crippen molar-refractivity contribution in [1.29, 1.82) is 0 Å². The lowest BCUT2D eigenvalue weighted by atomic mass is 9.85. The highest BCUT2D eigenvalue weighted by molar-refractivity contribution is 7.97. The molecule has 0 bridgehead atoms. The number of aromatic nitrogens is 3. The molecule has 0 saturated heterocycles. The Hall–Kier alpha value is -3.69. The predicted octanol–water partition coefficient (Wildman–Crippen LogP) is 3.99. The van der Waals surface area contributed by atoms with Crippen LogP contribution in [0.15, 0.2) is 76.9 Å². The molecule has 3 aromatic heterocycles. The van der Waals surface area contributed by atoms with Gasteiger partial charge in [0.15, 0.2) is 9.84 Å². The number of rotatable bonds is 7. The minimum atomic E-state index is -3.34. The number of hydrogen-bond acceptors (Lipinski definition) is 6. The van der Waals surface area contributed by atoms with E-state index < -0.39 is 9.84 Å². The molecule has 1 aliphatic heterocycles. The van der Waals surface area contributed by atoms with E-state index in [1.807, 2.05) is 6.07 Å². The van der Waals surface area contributed by atoms with E-state index in [9.17, 15) is 13.2 Å². The van der Waals surface area contributed by atoms with Crippen LogP contribution >= 0.6 is 0 Å². The van der Waals surface area contributed by atoms with E-state index in [1.54, 1.807) is 28.1 Å². The smallest absolute Gasteiger partial charge is 0.260 e. The molecule has 0 radical (unpaired) electrons. The lowest BCUT2D eigenvalue weighted by Crippen LogP contribution is -2.26. The number of sulfone groups is 1. The van der Waals surface area contributed by atoms with Crippen molar-refractivity contribution >= 4 is 37.2 Å². The zero-order valence-corrected chi connectivity index (χ0v) is 20.5. The molecule has 0 spiro atoms. The number of fused-ring (bicyclic) bond motifs is 2. The van der Waals surface area contributed by atoms with E-state index in [4.69, 9.17) is 0 Å². The normalized spacial score (nSPS) is 17.2. The number of hydrogen-bond donors (Lipinski definition) is 2. The predicted molar refractivity (Wildman–Crippen MR) is 142 cm³/mol. The maximum absolute atomic E-state index is 13.3. The van der Waals surface area contributed by atoms with Crippen LogP contribution in [-0.4, -0.2) is 29.5 Å². The lowest BCUT2D eigenvalue weighted by molar-refractivity contribution is 0.301. The average molecular weight is 502 g/mol. The molecule has 0 unspecified atom stereocenters. The van der Waals surface area contributed by atoms with Crippen LogP contribution in [0.2, 0.25) is 0 Å². The largest absolute Gasteiger partial charge is 0.357 e. The van der Waals surface area contributed by atoms with Gasteiger partial charge in [-0.1, -0.05) is 18.6 Å². The van der Waals surface area contributed by atoms with E-state index in [1.165, 1.54) is 31.7 Å². The Kier molecular flexibility index (Phi) is 5.73. The van der Waals surface area contributed by atoms with Crippen LogP contribution in [0.25, 0.3) is 21.7 Å². The highest BCUT2D eigenvalue weighted by Gasteiger charge is 2.17. The first-order valence-corrected chi connectivity index (χ1v) is 13.7. The van der Waals surface area contributed by atoms with Crippen LogP contribution in [0.3, 0.4) is 0 Å². The second kappa shape index (κ2) is 9.07. The van der Waals surface area contributed by atoms with Crippen molar-refractivity contribution in [2.45, 2.75) is 32.4 Å². The summed E-state index contributed by atoms with van der Waals surface area (Å²) in [6.45, 7) is 2.34. The quantitative estimate of drug-likeness (QED) is 0.397. The number of H-pyrrole nitrogens is 1. The molecule has 8 nitrogen and oxygen atoms in total. The molecule has 1 saturated carbocycles. The van der Waals surface area contributed by atoms with Crippen molar-refractivity contribution in [1.82, 2.24) is 19.9 Å². The second-order valence-corrected chi connectivity index (χ2v) is 11.3. The van der Waals surface area contributed by atoms with Gasteiger partial charge >= 0.3 is 0 Å². The molecule has 1 aliphatic carbocycles. The molecule has 2 aliphatic rings. The highest BCUT2D eigenvalue weighted by atomic mass is 32.2. The Bertz CT molecular complexity index is 1660. The van der Waals surface area contributed by atoms with Crippen molar-refractivity contribution in [3.63, 3.8) is 0 Å². The molecule has 2 N–H and O–H groups in total. The van der Waals surface area contributed by atoms with Gasteiger partial charge in [0.05, 0.1) is 34.6 Å². The van der Waals surface area contributed by atoms with Crippen molar-refractivity contribution in [2.24, 2.45) is 5.92 Å². The summed E-state index contributed by atoms with van der Waals surface area (Å²) in [6, 6.07) is 10.3. The Morgan fingerprint density at radius 1 is 1.06 bits per heavy atom. The average Bonchev–Trinajstić information content (AvgIpc) is 3.24. The third-order valence-electron chi connectivity index (χ3n) is 7.05. The first-order chi connectivity index (χ1) is 17.4. The fraction of sp³-hybridized carbons (Fsp3) is 0.259. The van der Waals surface area contributed by atoms with Crippen LogP contribution in [0.1, 0.15) is 30.5 Å². The minimum absolute atomic E-state index is 0.146. The Labute approximate surface area is 208 Å². The van der Waals surface area contributed by atoms with Gasteiger partial charge < -0.3 is 19.8 Å². The monoisotopic (exact) mass is 501 g/mol. The summed E-state index contributed by atoms with van der Waals surface area (Å²) in [5.41, 5.74) is 3.74. The van der Waals surface area contributed by atoms with Crippen LogP contribution in [-0.2, 0) is 22.9 Å². The van der Waals surface area contributed by atoms with Crippen molar-refractivity contribution in [2.75, 3.05) is 11.4 Å². The number of benzene rings is 1. The maximum Gasteiger partial charge on any atom is 0.260 e. The fourth-order valence-electron chi connectivity index (χ4n) is 4.81. The molecular formula is C27H27N5O3S. The lowest BCUT2D eigenvalue weighted by Gasteiger charge is -2.25. The summed E-state index contributed by atoms with van der Waals surface area (Å²) >= 11 is 0. The standard InChI is InChI=1S/C27H27N5O3S/c33-27-24-16-29-17-26(31-8-10-36(34,35)11-9-31)23(24)6-7-32(27)18-20-4-5-21-13-22(30-25(21)12-20)15-28-14-19-2-1-3-19/h4-13,16-17,19,28,30H,1-3,14-15,18H2. The summed E-state index contributed by atoms with van der Waals surface area (Å²) in [5, 5.41) is 8.14. The fourth-order valence-corrected chi connectivity index (χ4v) is 5.50. The number of pyridine rings is 2. The Morgan fingerprint density at radius 2 is 1.89 bits per heavy atom. The van der Waals surface area contributed by atoms with Crippen molar-refractivity contribution in [3.05, 3.63) is 93.7 Å². The summed E-state index contributed by atoms with van der Waals surface area (Å²) in [6.07, 6.45) is 11.9. The summed E-state index contributed by atoms with van der Waals surface area (Å²) in [5.74, 6) is 0.830. The molecule has 4 aromatic rings. The molecule has 6 rings (SSSR count). The van der Waals surface area contributed by atoms with Gasteiger partial charge in [-0.05, 0) is 54.5 Å². The number of nitrogens with one attached hydrogen (secondary N) is 2. The molecule has 4 heterocycles. The molecule has 36 heavy (non-hydrogen) atoms. The molecule has 0 atom stereocenters. The highest BCUT2D eigenvalue weighted by Crippen LogP contribution is 2.27. The van der Waals surface area contributed by atoms with Gasteiger partial charge in [-0.2, -0.15) is 0 Å². The number of nitrogens with zero attached hydrogens (tertiary/aromatic N) is 3. The van der Waals surface area contributed by atoms with Gasteiger partial charge in [-0.15, -0.1) is 0 Å². The molecular weight excluding hydrogens is 474 g/mol. The third-order valence-corrected chi connectivity index (χ3v) is 8.05. The van der Waals surface area contributed by atoms with E-state index in [-0.39, 0.29) is 5.56 Å². The summed E-state index contributed by atoms with van der Waals surface area (Å²) in [4.78, 5) is 22.7. The topological polar surface area (TPSA) is 100 Å². The van der Waals surface area contributed by atoms with Gasteiger partial charge in [-0.25, -0.2) is 8.42 Å².